The van der Waals surface area contributed by atoms with Gasteiger partial charge < -0.3 is 4.42 Å². The van der Waals surface area contributed by atoms with Crippen LogP contribution in [0.25, 0.3) is 27.4 Å². The lowest BCUT2D eigenvalue weighted by Crippen LogP contribution is -2.03. The quantitative estimate of drug-likeness (QED) is 0.200. The highest BCUT2D eigenvalue weighted by Gasteiger charge is 2.18. The molecule has 0 aliphatic heterocycles. The molecule has 166 valence electrons. The summed E-state index contributed by atoms with van der Waals surface area (Å²) in [6, 6.07) is 19.9. The molecule has 3 heterocycles. The SMILES string of the molecule is Cc1cc2oc(=O)cc(CSc3nnc(-c4cccs4)n3-c3ccccc3)c2cc1C(C)C. The van der Waals surface area contributed by atoms with Crippen molar-refractivity contribution in [2.24, 2.45) is 0 Å². The van der Waals surface area contributed by atoms with Crippen LogP contribution < -0.4 is 5.63 Å². The Kier molecular flexibility index (Phi) is 5.91. The van der Waals surface area contributed by atoms with E-state index in [-0.39, 0.29) is 5.63 Å². The van der Waals surface area contributed by atoms with E-state index in [4.69, 9.17) is 4.42 Å². The third-order valence-corrected chi connectivity index (χ3v) is 7.43. The Morgan fingerprint density at radius 3 is 2.61 bits per heavy atom. The molecule has 0 spiro atoms. The Bertz CT molecular complexity index is 1470. The highest BCUT2D eigenvalue weighted by atomic mass is 32.2. The molecule has 0 fully saturated rings. The minimum atomic E-state index is -0.335. The van der Waals surface area contributed by atoms with Crippen molar-refractivity contribution in [1.29, 1.82) is 0 Å². The van der Waals surface area contributed by atoms with Gasteiger partial charge in [0.25, 0.3) is 0 Å². The highest BCUT2D eigenvalue weighted by molar-refractivity contribution is 7.98. The van der Waals surface area contributed by atoms with Crippen LogP contribution >= 0.6 is 23.1 Å². The number of hydrogen-bond donors (Lipinski definition) is 0. The zero-order chi connectivity index (χ0) is 22.9. The highest BCUT2D eigenvalue weighted by Crippen LogP contribution is 2.33. The number of nitrogens with zero attached hydrogens (tertiary/aromatic N) is 3. The Labute approximate surface area is 200 Å². The smallest absolute Gasteiger partial charge is 0.336 e. The number of thiophene rings is 1. The van der Waals surface area contributed by atoms with E-state index < -0.39 is 0 Å². The van der Waals surface area contributed by atoms with Crippen molar-refractivity contribution < 1.29 is 4.42 Å². The molecule has 7 heteroatoms. The van der Waals surface area contributed by atoms with E-state index in [1.165, 1.54) is 5.56 Å². The fourth-order valence-electron chi connectivity index (χ4n) is 4.01. The first-order valence-electron chi connectivity index (χ1n) is 10.8. The van der Waals surface area contributed by atoms with Crippen molar-refractivity contribution in [2.75, 3.05) is 0 Å². The molecule has 33 heavy (non-hydrogen) atoms. The first-order chi connectivity index (χ1) is 16.0. The molecule has 0 unspecified atom stereocenters. The van der Waals surface area contributed by atoms with Crippen LogP contribution in [0.2, 0.25) is 0 Å². The number of para-hydroxylation sites is 1. The third kappa shape index (κ3) is 4.26. The Balaban J connectivity index is 1.57. The van der Waals surface area contributed by atoms with Gasteiger partial charge in [0, 0.05) is 22.9 Å². The molecule has 0 radical (unpaired) electrons. The lowest BCUT2D eigenvalue weighted by Gasteiger charge is -2.13. The minimum Gasteiger partial charge on any atom is -0.423 e. The molecule has 5 rings (SSSR count). The summed E-state index contributed by atoms with van der Waals surface area (Å²) in [6.07, 6.45) is 0. The van der Waals surface area contributed by atoms with Crippen LogP contribution in [0.1, 0.15) is 36.5 Å². The molecule has 0 bridgehead atoms. The maximum absolute atomic E-state index is 12.3. The summed E-state index contributed by atoms with van der Waals surface area (Å²) in [5.74, 6) is 1.78. The van der Waals surface area contributed by atoms with Crippen molar-refractivity contribution in [3.63, 3.8) is 0 Å². The second-order valence-corrected chi connectivity index (χ2v) is 10.1. The molecule has 5 aromatic rings. The van der Waals surface area contributed by atoms with Gasteiger partial charge >= 0.3 is 5.63 Å². The van der Waals surface area contributed by atoms with Crippen molar-refractivity contribution >= 4 is 34.1 Å². The second-order valence-electron chi connectivity index (χ2n) is 8.19. The second kappa shape index (κ2) is 9.00. The van der Waals surface area contributed by atoms with Gasteiger partial charge in [-0.2, -0.15) is 0 Å². The van der Waals surface area contributed by atoms with Gasteiger partial charge in [0.2, 0.25) is 0 Å². The number of aryl methyl sites for hydroxylation is 1. The normalized spacial score (nSPS) is 11.5. The summed E-state index contributed by atoms with van der Waals surface area (Å²) in [7, 11) is 0. The number of benzene rings is 2. The van der Waals surface area contributed by atoms with Gasteiger partial charge in [-0.3, -0.25) is 4.57 Å². The van der Waals surface area contributed by atoms with Crippen LogP contribution in [0.4, 0.5) is 0 Å². The van der Waals surface area contributed by atoms with Gasteiger partial charge in [0.1, 0.15) is 5.58 Å². The first-order valence-corrected chi connectivity index (χ1v) is 12.6. The summed E-state index contributed by atoms with van der Waals surface area (Å²) >= 11 is 3.20. The fraction of sp³-hybridized carbons (Fsp3) is 0.192. The van der Waals surface area contributed by atoms with Gasteiger partial charge in [0.15, 0.2) is 11.0 Å². The monoisotopic (exact) mass is 473 g/mol. The number of fused-ring (bicyclic) bond motifs is 1. The first kappa shape index (κ1) is 21.7. The standard InChI is InChI=1S/C26H23N3O2S2/c1-16(2)20-14-21-18(13-24(30)31-22(21)12-17(20)3)15-33-26-28-27-25(23-10-7-11-32-23)29(26)19-8-5-4-6-9-19/h4-14,16H,15H2,1-3H3. The summed E-state index contributed by atoms with van der Waals surface area (Å²) in [4.78, 5) is 13.3. The average Bonchev–Trinajstić information content (AvgIpc) is 3.47. The third-order valence-electron chi connectivity index (χ3n) is 5.58. The van der Waals surface area contributed by atoms with Crippen molar-refractivity contribution in [3.05, 3.63) is 93.2 Å². The molecule has 0 atom stereocenters. The van der Waals surface area contributed by atoms with Gasteiger partial charge in [-0.25, -0.2) is 4.79 Å². The molecule has 5 nitrogen and oxygen atoms in total. The lowest BCUT2D eigenvalue weighted by molar-refractivity contribution is 0.559. The number of hydrogen-bond acceptors (Lipinski definition) is 6. The van der Waals surface area contributed by atoms with Gasteiger partial charge in [0.05, 0.1) is 4.88 Å². The zero-order valence-electron chi connectivity index (χ0n) is 18.6. The maximum atomic E-state index is 12.3. The van der Waals surface area contributed by atoms with Crippen molar-refractivity contribution in [2.45, 2.75) is 37.6 Å². The number of thioether (sulfide) groups is 1. The van der Waals surface area contributed by atoms with Gasteiger partial charge in [-0.05, 0) is 65.2 Å². The molecular weight excluding hydrogens is 450 g/mol. The average molecular weight is 474 g/mol. The molecule has 0 aliphatic carbocycles. The van der Waals surface area contributed by atoms with Crippen LogP contribution in [0.15, 0.2) is 80.4 Å². The number of aromatic nitrogens is 3. The lowest BCUT2D eigenvalue weighted by atomic mass is 9.95. The van der Waals surface area contributed by atoms with E-state index in [1.807, 2.05) is 41.8 Å². The van der Waals surface area contributed by atoms with E-state index in [0.717, 1.165) is 38.1 Å². The molecule has 0 amide bonds. The molecular formula is C26H23N3O2S2. The van der Waals surface area contributed by atoms with Crippen LogP contribution in [-0.4, -0.2) is 14.8 Å². The fourth-order valence-corrected chi connectivity index (χ4v) is 5.66. The van der Waals surface area contributed by atoms with Crippen molar-refractivity contribution in [1.82, 2.24) is 14.8 Å². The van der Waals surface area contributed by atoms with Crippen LogP contribution in [0, 0.1) is 6.92 Å². The minimum absolute atomic E-state index is 0.335. The Morgan fingerprint density at radius 2 is 1.88 bits per heavy atom. The van der Waals surface area contributed by atoms with E-state index in [1.54, 1.807) is 29.2 Å². The summed E-state index contributed by atoms with van der Waals surface area (Å²) in [6.45, 7) is 6.41. The van der Waals surface area contributed by atoms with Crippen LogP contribution in [-0.2, 0) is 5.75 Å². The molecule has 2 aromatic carbocycles. The maximum Gasteiger partial charge on any atom is 0.336 e. The molecule has 3 aromatic heterocycles. The van der Waals surface area contributed by atoms with Crippen molar-refractivity contribution in [3.8, 4) is 16.4 Å². The summed E-state index contributed by atoms with van der Waals surface area (Å²) < 4.78 is 7.60. The van der Waals surface area contributed by atoms with Crippen LogP contribution in [0.5, 0.6) is 0 Å². The van der Waals surface area contributed by atoms with Gasteiger partial charge in [-0.15, -0.1) is 21.5 Å². The molecule has 0 aliphatic rings. The predicted octanol–water partition coefficient (Wildman–Crippen LogP) is 6.83. The predicted molar refractivity (Wildman–Crippen MR) is 136 cm³/mol. The summed E-state index contributed by atoms with van der Waals surface area (Å²) in [5.41, 5.74) is 4.63. The molecule has 0 saturated heterocycles. The van der Waals surface area contributed by atoms with E-state index >= 15 is 0 Å². The molecule has 0 saturated carbocycles. The largest absolute Gasteiger partial charge is 0.423 e. The Hall–Kier alpha value is -3.16. The van der Waals surface area contributed by atoms with E-state index in [0.29, 0.717) is 17.3 Å². The topological polar surface area (TPSA) is 60.9 Å². The number of rotatable bonds is 6. The van der Waals surface area contributed by atoms with Gasteiger partial charge in [-0.1, -0.05) is 49.9 Å². The van der Waals surface area contributed by atoms with E-state index in [2.05, 4.69) is 53.7 Å². The summed E-state index contributed by atoms with van der Waals surface area (Å²) in [5, 5.41) is 12.8. The Morgan fingerprint density at radius 1 is 1.06 bits per heavy atom. The molecule has 0 N–H and O–H groups in total. The zero-order valence-corrected chi connectivity index (χ0v) is 20.2. The van der Waals surface area contributed by atoms with E-state index in [9.17, 15) is 4.79 Å². The van der Waals surface area contributed by atoms with Crippen LogP contribution in [0.3, 0.4) is 0 Å².